The summed E-state index contributed by atoms with van der Waals surface area (Å²) < 4.78 is 11.1. The quantitative estimate of drug-likeness (QED) is 0.0388. The summed E-state index contributed by atoms with van der Waals surface area (Å²) in [6.07, 6.45) is 24.4. The number of allylic oxidation sites excluding steroid dienone is 3. The van der Waals surface area contributed by atoms with Crippen LogP contribution in [0.1, 0.15) is 180 Å². The number of esters is 2. The predicted molar refractivity (Wildman–Crippen MR) is 257 cm³/mol. The van der Waals surface area contributed by atoms with Gasteiger partial charge in [-0.15, -0.1) is 0 Å². The highest BCUT2D eigenvalue weighted by atomic mass is 16.5. The molecule has 0 unspecified atom stereocenters. The molecule has 3 aliphatic rings. The molecule has 5 heterocycles. The average Bonchev–Trinajstić information content (AvgIpc) is 3.99. The second-order valence-corrected chi connectivity index (χ2v) is 19.1. The minimum absolute atomic E-state index is 0.0852. The summed E-state index contributed by atoms with van der Waals surface area (Å²) in [6.45, 7) is 24.0. The predicted octanol–water partition coefficient (Wildman–Crippen LogP) is 10.8. The third-order valence-electron chi connectivity index (χ3n) is 14.2. The van der Waals surface area contributed by atoms with Crippen LogP contribution in [0.25, 0.3) is 29.9 Å². The third kappa shape index (κ3) is 10.5. The summed E-state index contributed by atoms with van der Waals surface area (Å²) in [4.78, 5) is 52.3. The Bertz CT molecular complexity index is 2410. The van der Waals surface area contributed by atoms with Crippen molar-refractivity contribution in [3.05, 3.63) is 96.5 Å². The average molecular weight is 859 g/mol. The van der Waals surface area contributed by atoms with Gasteiger partial charge in [-0.05, 0) is 112 Å². The minimum Gasteiger partial charge on any atom is -0.468 e. The van der Waals surface area contributed by atoms with Gasteiger partial charge >= 0.3 is 11.9 Å². The number of aromatic amines is 3. The highest BCUT2D eigenvalue weighted by molar-refractivity contribution is 6.24. The molecular weight excluding hydrogens is 785 g/mol. The summed E-state index contributed by atoms with van der Waals surface area (Å²) in [5, 5.41) is 5.66. The number of carbonyl (C=O) groups excluding carboxylic acids is 3. The van der Waals surface area contributed by atoms with Gasteiger partial charge in [-0.3, -0.25) is 14.4 Å². The maximum absolute atomic E-state index is 14.4. The maximum Gasteiger partial charge on any atom is 0.321 e. The Kier molecular flexibility index (Phi) is 15.9. The lowest BCUT2D eigenvalue weighted by Crippen LogP contribution is -2.25. The summed E-state index contributed by atoms with van der Waals surface area (Å²) in [6, 6.07) is 0. The van der Waals surface area contributed by atoms with Gasteiger partial charge in [-0.2, -0.15) is 0 Å². The fraction of sp³-hybridized carbons (Fsp3) is 0.537. The van der Waals surface area contributed by atoms with Gasteiger partial charge in [0.1, 0.15) is 12.5 Å². The Morgan fingerprint density at radius 2 is 1.54 bits per heavy atom. The van der Waals surface area contributed by atoms with Gasteiger partial charge in [0.15, 0.2) is 5.78 Å². The number of ether oxygens (including phenoxy) is 2. The summed E-state index contributed by atoms with van der Waals surface area (Å²) in [7, 11) is 1.32. The zero-order valence-corrected chi connectivity index (χ0v) is 39.9. The Morgan fingerprint density at radius 1 is 0.841 bits per heavy atom. The number of ketones is 1. The highest BCUT2D eigenvalue weighted by Gasteiger charge is 2.48. The van der Waals surface area contributed by atoms with Gasteiger partial charge in [0.25, 0.3) is 0 Å². The van der Waals surface area contributed by atoms with Gasteiger partial charge in [0, 0.05) is 74.1 Å². The van der Waals surface area contributed by atoms with Crippen molar-refractivity contribution in [1.29, 1.82) is 0 Å². The van der Waals surface area contributed by atoms with Crippen molar-refractivity contribution in [3.8, 4) is 0 Å². The van der Waals surface area contributed by atoms with Crippen molar-refractivity contribution < 1.29 is 23.9 Å². The van der Waals surface area contributed by atoms with Crippen LogP contribution in [0.5, 0.6) is 0 Å². The van der Waals surface area contributed by atoms with Gasteiger partial charge in [0.2, 0.25) is 0 Å². The molecule has 0 amide bonds. The Morgan fingerprint density at radius 3 is 2.25 bits per heavy atom. The summed E-state index contributed by atoms with van der Waals surface area (Å²) >= 11 is 0. The monoisotopic (exact) mass is 859 g/mol. The SMILES string of the molecule is C=Cc1c2[nH]c(c1C)/C=C1\N/C(=C3\c4[nH]c(c(C)c4C(=O)[C@@H]3C(=O)OC)/C=c3\[nH]/c(c(C)c3CC)=C\2)[C@@H](CCC(=O)OC/C=C(\C)CCCCCCC[C@H](C)CCCC(C)C)[C@@H]1C. The number of Topliss-reactive ketones (excluding diaryl/α,β-unsaturated/α-hetero) is 1. The number of nitrogens with one attached hydrogen (secondary N) is 4. The van der Waals surface area contributed by atoms with Crippen LogP contribution in [0.2, 0.25) is 0 Å². The number of carbonyl (C=O) groups is 3. The van der Waals surface area contributed by atoms with E-state index in [1.165, 1.54) is 69.6 Å². The van der Waals surface area contributed by atoms with Crippen molar-refractivity contribution >= 4 is 47.6 Å². The molecule has 4 N–H and O–H groups in total. The molecule has 1 aliphatic carbocycles. The molecule has 0 radical (unpaired) electrons. The normalized spacial score (nSPS) is 21.6. The number of H-pyrrole nitrogens is 3. The zero-order chi connectivity index (χ0) is 45.5. The van der Waals surface area contributed by atoms with E-state index in [4.69, 9.17) is 9.47 Å². The fourth-order valence-electron chi connectivity index (χ4n) is 10.2. The Labute approximate surface area is 376 Å². The molecule has 3 aromatic rings. The standard InChI is InChI=1S/C54H74N4O5/c1-12-38-34(7)41-28-43-36(9)40(24-25-47(59)63-27-26-33(6)22-18-16-14-15-17-21-32(5)23-19-20-31(3)4)51(57-43)49-50(54(61)62-11)53(60)48-37(10)44(58-52(48)49)30-46-39(13-2)35(8)42(56-46)29-45(38)55-41/h12,26,28-32,36,40,50,55-58H,1,13-25,27H2,2-11H3/b33-26+,42-29-,43-28-,46-30-,51-49-/t32-,36-,40-,50+/m0/s1. The molecule has 4 atom stereocenters. The highest BCUT2D eigenvalue weighted by Crippen LogP contribution is 2.48. The number of hydrogen-bond donors (Lipinski definition) is 4. The fourth-order valence-corrected chi connectivity index (χ4v) is 10.2. The van der Waals surface area contributed by atoms with Crippen LogP contribution in [0.3, 0.4) is 0 Å². The van der Waals surface area contributed by atoms with Crippen LogP contribution in [-0.4, -0.2) is 46.4 Å². The first-order valence-corrected chi connectivity index (χ1v) is 23.8. The Hall–Kier alpha value is -5.05. The van der Waals surface area contributed by atoms with Crippen molar-refractivity contribution in [2.75, 3.05) is 13.7 Å². The number of aromatic nitrogens is 3. The number of unbranched alkanes of at least 4 members (excludes halogenated alkanes) is 4. The van der Waals surface area contributed by atoms with E-state index in [1.807, 2.05) is 19.1 Å². The van der Waals surface area contributed by atoms with Crippen LogP contribution < -0.4 is 16.0 Å². The first-order chi connectivity index (χ1) is 30.2. The molecule has 2 aliphatic heterocycles. The largest absolute Gasteiger partial charge is 0.468 e. The van der Waals surface area contributed by atoms with Crippen LogP contribution >= 0.6 is 0 Å². The first kappa shape index (κ1) is 47.4. The zero-order valence-electron chi connectivity index (χ0n) is 39.9. The first-order valence-electron chi connectivity index (χ1n) is 23.8. The maximum atomic E-state index is 14.4. The number of methoxy groups -OCH3 is 1. The van der Waals surface area contributed by atoms with Crippen LogP contribution in [0, 0.1) is 50.4 Å². The number of rotatable bonds is 20. The molecule has 63 heavy (non-hydrogen) atoms. The molecule has 0 saturated carbocycles. The van der Waals surface area contributed by atoms with Gasteiger partial charge in [0.05, 0.1) is 12.8 Å². The van der Waals surface area contributed by atoms with E-state index < -0.39 is 11.9 Å². The molecule has 1 fully saturated rings. The molecule has 6 rings (SSSR count). The number of hydrogen-bond acceptors (Lipinski definition) is 6. The van der Waals surface area contributed by atoms with Crippen molar-refractivity contribution in [3.63, 3.8) is 0 Å². The van der Waals surface area contributed by atoms with Crippen LogP contribution in [-0.2, 0) is 25.5 Å². The molecular formula is C54H74N4O5. The molecule has 3 aromatic heterocycles. The molecule has 1 saturated heterocycles. The third-order valence-corrected chi connectivity index (χ3v) is 14.2. The van der Waals surface area contributed by atoms with Gasteiger partial charge in [-0.1, -0.05) is 104 Å². The van der Waals surface area contributed by atoms with E-state index in [0.29, 0.717) is 23.3 Å². The number of fused-ring (bicyclic) bond motifs is 7. The molecule has 0 spiro atoms. The van der Waals surface area contributed by atoms with Crippen molar-refractivity contribution in [1.82, 2.24) is 20.3 Å². The van der Waals surface area contributed by atoms with Crippen molar-refractivity contribution in [2.45, 2.75) is 146 Å². The smallest absolute Gasteiger partial charge is 0.321 e. The molecule has 9 nitrogen and oxygen atoms in total. The minimum atomic E-state index is -1.14. The Balaban J connectivity index is 1.21. The van der Waals surface area contributed by atoms with E-state index in [1.54, 1.807) is 0 Å². The lowest BCUT2D eigenvalue weighted by atomic mass is 9.85. The van der Waals surface area contributed by atoms with E-state index in [0.717, 1.165) is 92.5 Å². The van der Waals surface area contributed by atoms with E-state index in [2.05, 4.69) is 100 Å². The lowest BCUT2D eigenvalue weighted by Gasteiger charge is -2.19. The molecule has 8 bridgehead atoms. The van der Waals surface area contributed by atoms with Gasteiger partial charge < -0.3 is 29.7 Å². The van der Waals surface area contributed by atoms with E-state index >= 15 is 0 Å². The second kappa shape index (κ2) is 21.1. The lowest BCUT2D eigenvalue weighted by molar-refractivity contribution is -0.143. The van der Waals surface area contributed by atoms with E-state index in [9.17, 15) is 14.4 Å². The second-order valence-electron chi connectivity index (χ2n) is 19.1. The topological polar surface area (TPSA) is 129 Å². The molecule has 340 valence electrons. The molecule has 9 heteroatoms. The molecule has 0 aromatic carbocycles. The summed E-state index contributed by atoms with van der Waals surface area (Å²) in [5.41, 5.74) is 12.5. The van der Waals surface area contributed by atoms with Gasteiger partial charge in [-0.25, -0.2) is 0 Å². The van der Waals surface area contributed by atoms with Crippen molar-refractivity contribution in [2.24, 2.45) is 29.6 Å². The van der Waals surface area contributed by atoms with E-state index in [-0.39, 0.29) is 36.6 Å². The van der Waals surface area contributed by atoms with Crippen LogP contribution in [0.4, 0.5) is 0 Å². The van der Waals surface area contributed by atoms with Crippen LogP contribution in [0.15, 0.2) is 29.6 Å². The summed E-state index contributed by atoms with van der Waals surface area (Å²) in [5.74, 6) is -0.970.